The zero-order valence-electron chi connectivity index (χ0n) is 10.7. The first kappa shape index (κ1) is 14.7. The van der Waals surface area contributed by atoms with Crippen molar-refractivity contribution in [1.82, 2.24) is 10.3 Å². The highest BCUT2D eigenvalue weighted by Crippen LogP contribution is 2.38. The summed E-state index contributed by atoms with van der Waals surface area (Å²) in [6.07, 6.45) is -4.61. The average Bonchev–Trinajstić information content (AvgIpc) is 2.83. The van der Waals surface area contributed by atoms with E-state index in [2.05, 4.69) is 15.3 Å². The first-order valence-electron chi connectivity index (χ1n) is 5.69. The Hall–Kier alpha value is -2.71. The second kappa shape index (κ2) is 5.00. The molecular formula is C12H11F3N4O2. The number of aliphatic imine (C=N–C) groups is 1. The smallest absolute Gasteiger partial charge is 0.417 e. The number of nitrogens with one attached hydrogen (secondary N) is 2. The van der Waals surface area contributed by atoms with Gasteiger partial charge in [-0.25, -0.2) is 0 Å². The van der Waals surface area contributed by atoms with E-state index in [4.69, 9.17) is 5.73 Å². The van der Waals surface area contributed by atoms with Crippen LogP contribution < -0.4 is 11.1 Å². The van der Waals surface area contributed by atoms with Gasteiger partial charge in [0, 0.05) is 12.4 Å². The molecule has 2 rings (SSSR count). The van der Waals surface area contributed by atoms with Gasteiger partial charge in [-0.2, -0.15) is 13.2 Å². The largest absolute Gasteiger partial charge is 0.506 e. The number of phenolic OH excluding ortho intramolecular Hbond substituents is 1. The highest BCUT2D eigenvalue weighted by Gasteiger charge is 2.33. The van der Waals surface area contributed by atoms with Gasteiger partial charge in [0.1, 0.15) is 11.4 Å². The summed E-state index contributed by atoms with van der Waals surface area (Å²) >= 11 is 0. The Morgan fingerprint density at radius 2 is 2.10 bits per heavy atom. The maximum atomic E-state index is 12.9. The number of nitrogens with zero attached hydrogens (tertiary/aromatic N) is 1. The Bertz CT molecular complexity index is 734. The van der Waals surface area contributed by atoms with Crippen LogP contribution in [0.25, 0.3) is 10.9 Å². The summed E-state index contributed by atoms with van der Waals surface area (Å²) in [7, 11) is 1.34. The molecule has 21 heavy (non-hydrogen) atoms. The minimum atomic E-state index is -4.61. The number of alkyl halides is 3. The molecule has 0 aliphatic carbocycles. The highest BCUT2D eigenvalue weighted by atomic mass is 19.4. The number of aromatic amines is 1. The molecule has 1 heterocycles. The number of aromatic nitrogens is 1. The SMILES string of the molecule is CN=C(N)NC(=O)c1cc2c(C(F)(F)F)ccc(O)c2[nH]1. The normalized spacial score (nSPS) is 12.7. The first-order chi connectivity index (χ1) is 9.74. The summed E-state index contributed by atoms with van der Waals surface area (Å²) < 4.78 is 38.7. The molecule has 0 saturated carbocycles. The molecule has 6 nitrogen and oxygen atoms in total. The lowest BCUT2D eigenvalue weighted by Crippen LogP contribution is -2.36. The fourth-order valence-electron chi connectivity index (χ4n) is 1.81. The zero-order valence-corrected chi connectivity index (χ0v) is 10.7. The Morgan fingerprint density at radius 3 is 2.67 bits per heavy atom. The number of carbonyl (C=O) groups is 1. The molecule has 0 aliphatic heterocycles. The number of nitrogens with two attached hydrogens (primary N) is 1. The molecule has 0 bridgehead atoms. The Labute approximate surface area is 116 Å². The van der Waals surface area contributed by atoms with E-state index >= 15 is 0 Å². The lowest BCUT2D eigenvalue weighted by Gasteiger charge is -2.08. The predicted octanol–water partition coefficient (Wildman–Crippen LogP) is 1.57. The van der Waals surface area contributed by atoms with Gasteiger partial charge >= 0.3 is 6.18 Å². The van der Waals surface area contributed by atoms with Gasteiger partial charge in [0.05, 0.1) is 11.1 Å². The molecule has 0 unspecified atom stereocenters. The summed E-state index contributed by atoms with van der Waals surface area (Å²) in [6, 6.07) is 2.65. The Balaban J connectivity index is 2.55. The van der Waals surface area contributed by atoms with Crippen LogP contribution in [-0.2, 0) is 6.18 Å². The van der Waals surface area contributed by atoms with Gasteiger partial charge in [-0.1, -0.05) is 0 Å². The van der Waals surface area contributed by atoms with E-state index in [0.717, 1.165) is 18.2 Å². The predicted molar refractivity (Wildman–Crippen MR) is 70.0 cm³/mol. The maximum Gasteiger partial charge on any atom is 0.417 e. The minimum absolute atomic E-state index is 0.177. The van der Waals surface area contributed by atoms with Crippen LogP contribution in [0, 0.1) is 0 Å². The average molecular weight is 300 g/mol. The molecule has 1 aromatic carbocycles. The van der Waals surface area contributed by atoms with E-state index in [1.807, 2.05) is 0 Å². The van der Waals surface area contributed by atoms with Crippen molar-refractivity contribution in [3.63, 3.8) is 0 Å². The molecule has 0 aliphatic rings. The van der Waals surface area contributed by atoms with E-state index in [-0.39, 0.29) is 22.6 Å². The number of amides is 1. The van der Waals surface area contributed by atoms with Gasteiger partial charge in [0.2, 0.25) is 0 Å². The van der Waals surface area contributed by atoms with E-state index < -0.39 is 23.4 Å². The van der Waals surface area contributed by atoms with Crippen molar-refractivity contribution >= 4 is 22.8 Å². The topological polar surface area (TPSA) is 104 Å². The molecule has 0 spiro atoms. The molecule has 1 amide bonds. The van der Waals surface area contributed by atoms with Crippen molar-refractivity contribution in [2.75, 3.05) is 7.05 Å². The molecule has 9 heteroatoms. The van der Waals surface area contributed by atoms with Gasteiger partial charge in [-0.15, -0.1) is 0 Å². The Morgan fingerprint density at radius 1 is 1.43 bits per heavy atom. The third kappa shape index (κ3) is 2.76. The third-order valence-electron chi connectivity index (χ3n) is 2.80. The number of hydrogen-bond donors (Lipinski definition) is 4. The lowest BCUT2D eigenvalue weighted by molar-refractivity contribution is -0.136. The van der Waals surface area contributed by atoms with Gasteiger partial charge in [0.25, 0.3) is 5.91 Å². The van der Waals surface area contributed by atoms with Crippen molar-refractivity contribution < 1.29 is 23.1 Å². The number of fused-ring (bicyclic) bond motifs is 1. The molecule has 1 aromatic heterocycles. The van der Waals surface area contributed by atoms with Crippen molar-refractivity contribution in [1.29, 1.82) is 0 Å². The Kier molecular flexibility index (Phi) is 3.50. The summed E-state index contributed by atoms with van der Waals surface area (Å²) in [5, 5.41) is 11.5. The van der Waals surface area contributed by atoms with Gasteiger partial charge < -0.3 is 15.8 Å². The van der Waals surface area contributed by atoms with Crippen molar-refractivity contribution in [2.45, 2.75) is 6.18 Å². The molecule has 112 valence electrons. The van der Waals surface area contributed by atoms with E-state index in [0.29, 0.717) is 0 Å². The minimum Gasteiger partial charge on any atom is -0.506 e. The van der Waals surface area contributed by atoms with E-state index in [1.54, 1.807) is 0 Å². The van der Waals surface area contributed by atoms with Crippen LogP contribution in [0.1, 0.15) is 16.1 Å². The molecule has 0 atom stereocenters. The maximum absolute atomic E-state index is 12.9. The fraction of sp³-hybridized carbons (Fsp3) is 0.167. The van der Waals surface area contributed by atoms with E-state index in [9.17, 15) is 23.1 Å². The van der Waals surface area contributed by atoms with Gasteiger partial charge in [-0.05, 0) is 18.2 Å². The van der Waals surface area contributed by atoms with Gasteiger partial charge in [0.15, 0.2) is 5.96 Å². The quantitative estimate of drug-likeness (QED) is 0.474. The van der Waals surface area contributed by atoms with Crippen LogP contribution in [0.3, 0.4) is 0 Å². The van der Waals surface area contributed by atoms with Crippen LogP contribution in [0.4, 0.5) is 13.2 Å². The number of guanidine groups is 1. The highest BCUT2D eigenvalue weighted by molar-refractivity contribution is 6.07. The molecule has 5 N–H and O–H groups in total. The number of benzene rings is 1. The van der Waals surface area contributed by atoms with Crippen molar-refractivity contribution in [2.24, 2.45) is 10.7 Å². The lowest BCUT2D eigenvalue weighted by atomic mass is 10.1. The molecule has 2 aromatic rings. The number of H-pyrrole nitrogens is 1. The summed E-state index contributed by atoms with van der Waals surface area (Å²) in [5.41, 5.74) is 4.00. The van der Waals surface area contributed by atoms with Crippen LogP contribution >= 0.6 is 0 Å². The number of halogens is 3. The number of aromatic hydroxyl groups is 1. The monoisotopic (exact) mass is 300 g/mol. The second-order valence-corrected chi connectivity index (χ2v) is 4.16. The van der Waals surface area contributed by atoms with Crippen molar-refractivity contribution in [3.8, 4) is 5.75 Å². The van der Waals surface area contributed by atoms with Crippen molar-refractivity contribution in [3.05, 3.63) is 29.5 Å². The fourth-order valence-corrected chi connectivity index (χ4v) is 1.81. The molecule has 0 fully saturated rings. The number of carbonyl (C=O) groups excluding carboxylic acids is 1. The van der Waals surface area contributed by atoms with Crippen LogP contribution in [0.2, 0.25) is 0 Å². The zero-order chi connectivity index (χ0) is 15.8. The number of rotatable bonds is 1. The summed E-state index contributed by atoms with van der Waals surface area (Å²) in [6.45, 7) is 0. The number of phenols is 1. The summed E-state index contributed by atoms with van der Waals surface area (Å²) in [4.78, 5) is 17.7. The van der Waals surface area contributed by atoms with Crippen LogP contribution in [-0.4, -0.2) is 29.0 Å². The third-order valence-corrected chi connectivity index (χ3v) is 2.80. The molecule has 0 radical (unpaired) electrons. The van der Waals surface area contributed by atoms with E-state index in [1.165, 1.54) is 7.05 Å². The molecular weight excluding hydrogens is 289 g/mol. The second-order valence-electron chi connectivity index (χ2n) is 4.16. The summed E-state index contributed by atoms with van der Waals surface area (Å²) in [5.74, 6) is -1.34. The van der Waals surface area contributed by atoms with Crippen LogP contribution in [0.15, 0.2) is 23.2 Å². The number of hydrogen-bond acceptors (Lipinski definition) is 3. The molecule has 0 saturated heterocycles. The van der Waals surface area contributed by atoms with Gasteiger partial charge in [-0.3, -0.25) is 15.1 Å². The van der Waals surface area contributed by atoms with Crippen LogP contribution in [0.5, 0.6) is 5.75 Å². The first-order valence-corrected chi connectivity index (χ1v) is 5.69. The standard InChI is InChI=1S/C12H11F3N4O2/c1-17-11(16)19-10(21)7-4-5-6(12(13,14)15)2-3-8(20)9(5)18-7/h2-4,18,20H,1H3,(H3,16,17,19,21).